The molecule has 7 heteroatoms. The fraction of sp³-hybridized carbons (Fsp3) is 0.391. The summed E-state index contributed by atoms with van der Waals surface area (Å²) < 4.78 is 11.1. The molecule has 0 saturated carbocycles. The molecule has 0 fully saturated rings. The summed E-state index contributed by atoms with van der Waals surface area (Å²) in [6, 6.07) is 15.2. The number of methoxy groups -OCH3 is 1. The second-order valence-corrected chi connectivity index (χ2v) is 7.13. The molecule has 0 heterocycles. The van der Waals surface area contributed by atoms with Crippen molar-refractivity contribution in [2.45, 2.75) is 19.4 Å². The molecule has 1 amide bonds. The minimum atomic E-state index is -0.0364. The van der Waals surface area contributed by atoms with Gasteiger partial charge < -0.3 is 25.0 Å². The van der Waals surface area contributed by atoms with Crippen molar-refractivity contribution < 1.29 is 14.3 Å². The Balaban J connectivity index is 1.76. The molecule has 1 atom stereocenters. The molecule has 0 bridgehead atoms. The van der Waals surface area contributed by atoms with Gasteiger partial charge in [-0.1, -0.05) is 12.1 Å². The van der Waals surface area contributed by atoms with Crippen molar-refractivity contribution in [1.29, 1.82) is 0 Å². The average molecular weight is 413 g/mol. The Morgan fingerprint density at radius 3 is 2.43 bits per heavy atom. The number of nitrogens with zero attached hydrogens (tertiary/aromatic N) is 2. The van der Waals surface area contributed by atoms with Crippen LogP contribution in [0.15, 0.2) is 53.5 Å². The molecule has 30 heavy (non-hydrogen) atoms. The third-order valence-corrected chi connectivity index (χ3v) is 4.46. The molecule has 2 rings (SSSR count). The summed E-state index contributed by atoms with van der Waals surface area (Å²) in [7, 11) is 6.89. The van der Waals surface area contributed by atoms with E-state index in [-0.39, 0.29) is 12.0 Å². The molecule has 0 saturated heterocycles. The molecule has 0 radical (unpaired) electrons. The number of amides is 1. The summed E-state index contributed by atoms with van der Waals surface area (Å²) in [6.07, 6.45) is 0.748. The van der Waals surface area contributed by atoms with Crippen LogP contribution in [0.5, 0.6) is 11.5 Å². The lowest BCUT2D eigenvalue weighted by Crippen LogP contribution is -2.42. The van der Waals surface area contributed by atoms with Crippen molar-refractivity contribution >= 4 is 11.9 Å². The third-order valence-electron chi connectivity index (χ3n) is 4.46. The summed E-state index contributed by atoms with van der Waals surface area (Å²) in [5.41, 5.74) is 1.80. The van der Waals surface area contributed by atoms with E-state index in [0.29, 0.717) is 24.6 Å². The number of carbonyl (C=O) groups excluding carboxylic acids is 1. The van der Waals surface area contributed by atoms with Gasteiger partial charge >= 0.3 is 0 Å². The van der Waals surface area contributed by atoms with E-state index in [1.54, 1.807) is 33.2 Å². The first kappa shape index (κ1) is 23.1. The summed E-state index contributed by atoms with van der Waals surface area (Å²) in [5.74, 6) is 2.31. The largest absolute Gasteiger partial charge is 0.497 e. The van der Waals surface area contributed by atoms with Gasteiger partial charge in [-0.25, -0.2) is 0 Å². The van der Waals surface area contributed by atoms with Crippen LogP contribution in [-0.4, -0.2) is 64.2 Å². The van der Waals surface area contributed by atoms with E-state index in [2.05, 4.69) is 15.6 Å². The monoisotopic (exact) mass is 412 g/mol. The Labute approximate surface area is 179 Å². The zero-order valence-electron chi connectivity index (χ0n) is 18.4. The molecule has 7 nitrogen and oxygen atoms in total. The lowest BCUT2D eigenvalue weighted by molar-refractivity contribution is 0.0827. The fourth-order valence-corrected chi connectivity index (χ4v) is 2.83. The van der Waals surface area contributed by atoms with Gasteiger partial charge in [0, 0.05) is 33.3 Å². The van der Waals surface area contributed by atoms with Crippen LogP contribution in [0, 0.1) is 0 Å². The predicted molar refractivity (Wildman–Crippen MR) is 121 cm³/mol. The van der Waals surface area contributed by atoms with Gasteiger partial charge in [-0.3, -0.25) is 9.79 Å². The first-order valence-electron chi connectivity index (χ1n) is 9.98. The Morgan fingerprint density at radius 1 is 1.10 bits per heavy atom. The van der Waals surface area contributed by atoms with Crippen molar-refractivity contribution in [3.05, 3.63) is 59.7 Å². The molecule has 2 aromatic carbocycles. The van der Waals surface area contributed by atoms with Crippen molar-refractivity contribution in [3.63, 3.8) is 0 Å². The van der Waals surface area contributed by atoms with Crippen LogP contribution in [0.4, 0.5) is 0 Å². The number of benzene rings is 2. The molecule has 0 aliphatic rings. The van der Waals surface area contributed by atoms with E-state index in [1.807, 2.05) is 55.5 Å². The maximum atomic E-state index is 12.1. The van der Waals surface area contributed by atoms with Crippen molar-refractivity contribution in [2.75, 3.05) is 41.3 Å². The lowest BCUT2D eigenvalue weighted by Gasteiger charge is -2.18. The van der Waals surface area contributed by atoms with Crippen LogP contribution in [0.1, 0.15) is 22.8 Å². The van der Waals surface area contributed by atoms with Crippen LogP contribution in [0.2, 0.25) is 0 Å². The zero-order chi connectivity index (χ0) is 21.9. The number of ether oxygens (including phenoxy) is 2. The van der Waals surface area contributed by atoms with Crippen LogP contribution in [0.25, 0.3) is 0 Å². The predicted octanol–water partition coefficient (Wildman–Crippen LogP) is 2.57. The maximum Gasteiger partial charge on any atom is 0.253 e. The van der Waals surface area contributed by atoms with E-state index in [9.17, 15) is 4.79 Å². The summed E-state index contributed by atoms with van der Waals surface area (Å²) in [6.45, 7) is 3.31. The van der Waals surface area contributed by atoms with Gasteiger partial charge in [-0.05, 0) is 55.3 Å². The van der Waals surface area contributed by atoms with Gasteiger partial charge in [-0.2, -0.15) is 0 Å². The Bertz CT molecular complexity index is 835. The normalized spacial score (nSPS) is 12.1. The van der Waals surface area contributed by atoms with Gasteiger partial charge in [0.2, 0.25) is 0 Å². The Hall–Kier alpha value is -3.22. The molecule has 0 spiro atoms. The first-order chi connectivity index (χ1) is 14.4. The highest BCUT2D eigenvalue weighted by molar-refractivity contribution is 5.94. The van der Waals surface area contributed by atoms with Gasteiger partial charge in [0.25, 0.3) is 5.91 Å². The highest BCUT2D eigenvalue weighted by Crippen LogP contribution is 2.18. The lowest BCUT2D eigenvalue weighted by atomic mass is 10.1. The van der Waals surface area contributed by atoms with Crippen LogP contribution in [-0.2, 0) is 6.42 Å². The molecule has 162 valence electrons. The van der Waals surface area contributed by atoms with E-state index in [1.165, 1.54) is 0 Å². The highest BCUT2D eigenvalue weighted by Gasteiger charge is 2.09. The summed E-state index contributed by atoms with van der Waals surface area (Å²) >= 11 is 0. The summed E-state index contributed by atoms with van der Waals surface area (Å²) in [5, 5.41) is 6.57. The van der Waals surface area contributed by atoms with Gasteiger partial charge in [0.05, 0.1) is 13.7 Å². The highest BCUT2D eigenvalue weighted by atomic mass is 16.5. The van der Waals surface area contributed by atoms with E-state index in [4.69, 9.17) is 9.47 Å². The first-order valence-corrected chi connectivity index (χ1v) is 9.98. The maximum absolute atomic E-state index is 12.1. The van der Waals surface area contributed by atoms with Crippen LogP contribution >= 0.6 is 0 Å². The standard InChI is InChI=1S/C23H32N4O3/c1-17(30-21-11-9-20(29-5)10-12-21)16-26-23(24-2)25-14-13-18-7-6-8-19(15-18)22(28)27(3)4/h6-12,15,17H,13-14,16H2,1-5H3,(H2,24,25,26). The van der Waals surface area contributed by atoms with Gasteiger partial charge in [0.15, 0.2) is 5.96 Å². The van der Waals surface area contributed by atoms with Gasteiger partial charge in [0.1, 0.15) is 17.6 Å². The van der Waals surface area contributed by atoms with E-state index < -0.39 is 0 Å². The van der Waals surface area contributed by atoms with Crippen molar-refractivity contribution in [2.24, 2.45) is 4.99 Å². The molecular formula is C23H32N4O3. The van der Waals surface area contributed by atoms with Crippen molar-refractivity contribution in [1.82, 2.24) is 15.5 Å². The van der Waals surface area contributed by atoms with Gasteiger partial charge in [-0.15, -0.1) is 0 Å². The number of carbonyl (C=O) groups is 1. The minimum Gasteiger partial charge on any atom is -0.497 e. The number of rotatable bonds is 9. The molecule has 2 aromatic rings. The Morgan fingerprint density at radius 2 is 1.80 bits per heavy atom. The fourth-order valence-electron chi connectivity index (χ4n) is 2.83. The summed E-state index contributed by atoms with van der Waals surface area (Å²) in [4.78, 5) is 17.9. The molecule has 2 N–H and O–H groups in total. The molecular weight excluding hydrogens is 380 g/mol. The molecule has 0 aliphatic heterocycles. The van der Waals surface area contributed by atoms with E-state index >= 15 is 0 Å². The molecule has 0 aliphatic carbocycles. The second-order valence-electron chi connectivity index (χ2n) is 7.13. The zero-order valence-corrected chi connectivity index (χ0v) is 18.4. The van der Waals surface area contributed by atoms with Crippen LogP contribution in [0.3, 0.4) is 0 Å². The number of aliphatic imine (C=N–C) groups is 1. The topological polar surface area (TPSA) is 75.2 Å². The number of hydrogen-bond acceptors (Lipinski definition) is 4. The molecule has 1 unspecified atom stereocenters. The van der Waals surface area contributed by atoms with Crippen LogP contribution < -0.4 is 20.1 Å². The third kappa shape index (κ3) is 7.31. The smallest absolute Gasteiger partial charge is 0.253 e. The number of guanidine groups is 1. The second kappa shape index (κ2) is 11.7. The molecule has 0 aromatic heterocycles. The number of hydrogen-bond donors (Lipinski definition) is 2. The average Bonchev–Trinajstić information content (AvgIpc) is 2.76. The SMILES string of the molecule is CN=C(NCCc1cccc(C(=O)N(C)C)c1)NCC(C)Oc1ccc(OC)cc1. The number of nitrogens with one attached hydrogen (secondary N) is 2. The quantitative estimate of drug-likeness (QED) is 0.489. The Kier molecular flexibility index (Phi) is 9.00. The van der Waals surface area contributed by atoms with E-state index in [0.717, 1.165) is 23.5 Å². The van der Waals surface area contributed by atoms with Crippen molar-refractivity contribution in [3.8, 4) is 11.5 Å². The minimum absolute atomic E-state index is 0.00753.